The van der Waals surface area contributed by atoms with Crippen LogP contribution < -0.4 is 14.8 Å². The minimum Gasteiger partial charge on any atom is -0.457 e. The number of carbonyl (C=O) groups is 1. The fourth-order valence-corrected chi connectivity index (χ4v) is 5.12. The van der Waals surface area contributed by atoms with Crippen LogP contribution >= 0.6 is 0 Å². The number of amides is 1. The average Bonchev–Trinajstić information content (AvgIpc) is 2.85. The Morgan fingerprint density at radius 1 is 0.971 bits per heavy atom. The Morgan fingerprint density at radius 2 is 1.57 bits per heavy atom. The van der Waals surface area contributed by atoms with Gasteiger partial charge in [-0.25, -0.2) is 8.42 Å². The van der Waals surface area contributed by atoms with Crippen LogP contribution in [-0.4, -0.2) is 58.3 Å². The van der Waals surface area contributed by atoms with Gasteiger partial charge in [-0.2, -0.15) is 0 Å². The number of anilines is 1. The molecule has 2 aromatic rings. The van der Waals surface area contributed by atoms with Crippen molar-refractivity contribution in [2.45, 2.75) is 32.2 Å². The van der Waals surface area contributed by atoms with Crippen molar-refractivity contribution < 1.29 is 22.7 Å². The van der Waals surface area contributed by atoms with Crippen molar-refractivity contribution in [1.82, 2.24) is 10.2 Å². The molecule has 2 N–H and O–H groups in total. The molecule has 1 amide bonds. The number of sulfonamides is 1. The Bertz CT molecular complexity index is 1060. The molecule has 2 saturated heterocycles. The van der Waals surface area contributed by atoms with Gasteiger partial charge in [0, 0.05) is 37.9 Å². The molecular formula is C26H35N3O5S. The maximum Gasteiger partial charge on any atom is 0.229 e. The van der Waals surface area contributed by atoms with Crippen molar-refractivity contribution in [3.63, 3.8) is 0 Å². The highest BCUT2D eigenvalue weighted by molar-refractivity contribution is 7.92. The molecule has 0 radical (unpaired) electrons. The van der Waals surface area contributed by atoms with E-state index >= 15 is 0 Å². The molecule has 2 aromatic carbocycles. The number of carbonyl (C=O) groups excluding carboxylic acids is 1. The number of benzene rings is 2. The van der Waals surface area contributed by atoms with Gasteiger partial charge in [0.25, 0.3) is 0 Å². The quantitative estimate of drug-likeness (QED) is 0.545. The van der Waals surface area contributed by atoms with E-state index in [-0.39, 0.29) is 11.8 Å². The Labute approximate surface area is 208 Å². The summed E-state index contributed by atoms with van der Waals surface area (Å²) in [5.74, 6) is 2.22. The molecule has 35 heavy (non-hydrogen) atoms. The van der Waals surface area contributed by atoms with Gasteiger partial charge < -0.3 is 14.8 Å². The second-order valence-electron chi connectivity index (χ2n) is 9.50. The zero-order chi connectivity index (χ0) is 24.7. The molecule has 0 aromatic heterocycles. The van der Waals surface area contributed by atoms with E-state index in [0.29, 0.717) is 17.4 Å². The van der Waals surface area contributed by atoms with Crippen LogP contribution in [0.1, 0.15) is 31.2 Å². The molecule has 0 bridgehead atoms. The third-order valence-corrected chi connectivity index (χ3v) is 7.19. The topological polar surface area (TPSA) is 97.0 Å². The van der Waals surface area contributed by atoms with Crippen LogP contribution in [0.3, 0.4) is 0 Å². The standard InChI is InChI=1S/C26H35N3O5S/c1-35(31,32)28-23-4-8-25(9-5-23)34-24-6-2-21(3-7-24)19-29-14-10-22(11-15-29)26(30)27-18-20-12-16-33-17-13-20/h2-9,20,22,28H,10-19H2,1H3,(H,27,30). The summed E-state index contributed by atoms with van der Waals surface area (Å²) in [5, 5.41) is 3.17. The van der Waals surface area contributed by atoms with Crippen molar-refractivity contribution in [1.29, 1.82) is 0 Å². The van der Waals surface area contributed by atoms with E-state index in [1.165, 1.54) is 5.56 Å². The lowest BCUT2D eigenvalue weighted by molar-refractivity contribution is -0.126. The molecule has 2 heterocycles. The van der Waals surface area contributed by atoms with Crippen LogP contribution in [0, 0.1) is 11.8 Å². The number of ether oxygens (including phenoxy) is 2. The van der Waals surface area contributed by atoms with Crippen LogP contribution in [0.25, 0.3) is 0 Å². The van der Waals surface area contributed by atoms with Gasteiger partial charge in [0.2, 0.25) is 15.9 Å². The first-order valence-electron chi connectivity index (χ1n) is 12.3. The second-order valence-corrected chi connectivity index (χ2v) is 11.2. The first-order chi connectivity index (χ1) is 16.8. The highest BCUT2D eigenvalue weighted by atomic mass is 32.2. The summed E-state index contributed by atoms with van der Waals surface area (Å²) in [4.78, 5) is 15.0. The zero-order valence-electron chi connectivity index (χ0n) is 20.2. The lowest BCUT2D eigenvalue weighted by Gasteiger charge is -2.32. The van der Waals surface area contributed by atoms with Crippen molar-refractivity contribution >= 4 is 21.6 Å². The van der Waals surface area contributed by atoms with Crippen molar-refractivity contribution in [2.75, 3.05) is 43.8 Å². The summed E-state index contributed by atoms with van der Waals surface area (Å²) in [6.45, 7) is 5.08. The second kappa shape index (κ2) is 11.9. The molecule has 4 rings (SSSR count). The summed E-state index contributed by atoms with van der Waals surface area (Å²) in [7, 11) is -3.30. The van der Waals surface area contributed by atoms with E-state index in [1.807, 2.05) is 12.1 Å². The maximum absolute atomic E-state index is 12.6. The molecule has 0 unspecified atom stereocenters. The zero-order valence-corrected chi connectivity index (χ0v) is 21.1. The first kappa shape index (κ1) is 25.5. The van der Waals surface area contributed by atoms with Gasteiger partial charge in [-0.1, -0.05) is 12.1 Å². The molecule has 2 aliphatic rings. The minimum absolute atomic E-state index is 0.112. The van der Waals surface area contributed by atoms with E-state index < -0.39 is 10.0 Å². The first-order valence-corrected chi connectivity index (χ1v) is 14.2. The Balaban J connectivity index is 1.19. The van der Waals surface area contributed by atoms with Gasteiger partial charge in [-0.3, -0.25) is 14.4 Å². The maximum atomic E-state index is 12.6. The highest BCUT2D eigenvalue weighted by Crippen LogP contribution is 2.25. The monoisotopic (exact) mass is 501 g/mol. The van der Waals surface area contributed by atoms with E-state index in [1.54, 1.807) is 24.3 Å². The summed E-state index contributed by atoms with van der Waals surface area (Å²) in [6.07, 6.45) is 4.98. The summed E-state index contributed by atoms with van der Waals surface area (Å²) in [6, 6.07) is 14.8. The molecule has 0 spiro atoms. The van der Waals surface area contributed by atoms with Gasteiger partial charge in [0.1, 0.15) is 11.5 Å². The number of nitrogens with one attached hydrogen (secondary N) is 2. The number of rotatable bonds is 9. The molecule has 0 aliphatic carbocycles. The van der Waals surface area contributed by atoms with Gasteiger partial charge in [0.15, 0.2) is 0 Å². The van der Waals surface area contributed by atoms with E-state index in [9.17, 15) is 13.2 Å². The highest BCUT2D eigenvalue weighted by Gasteiger charge is 2.25. The lowest BCUT2D eigenvalue weighted by Crippen LogP contribution is -2.41. The van der Waals surface area contributed by atoms with Crippen LogP contribution in [0.2, 0.25) is 0 Å². The van der Waals surface area contributed by atoms with Gasteiger partial charge in [-0.05, 0) is 86.7 Å². The third kappa shape index (κ3) is 8.23. The number of nitrogens with zero attached hydrogens (tertiary/aromatic N) is 1. The largest absolute Gasteiger partial charge is 0.457 e. The molecule has 0 atom stereocenters. The molecule has 2 aliphatic heterocycles. The summed E-state index contributed by atoms with van der Waals surface area (Å²) < 4.78 is 36.3. The molecule has 9 heteroatoms. The normalized spacial score (nSPS) is 18.2. The van der Waals surface area contributed by atoms with Crippen LogP contribution in [-0.2, 0) is 26.1 Å². The Morgan fingerprint density at radius 3 is 2.17 bits per heavy atom. The minimum atomic E-state index is -3.30. The summed E-state index contributed by atoms with van der Waals surface area (Å²) >= 11 is 0. The molecule has 8 nitrogen and oxygen atoms in total. The van der Waals surface area contributed by atoms with Gasteiger partial charge in [-0.15, -0.1) is 0 Å². The smallest absolute Gasteiger partial charge is 0.229 e. The van der Waals surface area contributed by atoms with Crippen LogP contribution in [0.15, 0.2) is 48.5 Å². The molecule has 2 fully saturated rings. The fraction of sp³-hybridized carbons (Fsp3) is 0.500. The van der Waals surface area contributed by atoms with Crippen molar-refractivity contribution in [2.24, 2.45) is 11.8 Å². The number of hydrogen-bond donors (Lipinski definition) is 2. The van der Waals surface area contributed by atoms with E-state index in [0.717, 1.165) is 77.1 Å². The van der Waals surface area contributed by atoms with Crippen LogP contribution in [0.4, 0.5) is 5.69 Å². The number of piperidine rings is 1. The fourth-order valence-electron chi connectivity index (χ4n) is 4.56. The van der Waals surface area contributed by atoms with Gasteiger partial charge in [0.05, 0.1) is 6.26 Å². The average molecular weight is 502 g/mol. The summed E-state index contributed by atoms with van der Waals surface area (Å²) in [5.41, 5.74) is 1.70. The SMILES string of the molecule is CS(=O)(=O)Nc1ccc(Oc2ccc(CN3CCC(C(=O)NCC4CCOCC4)CC3)cc2)cc1. The van der Waals surface area contributed by atoms with Crippen molar-refractivity contribution in [3.8, 4) is 11.5 Å². The number of hydrogen-bond acceptors (Lipinski definition) is 6. The molecule has 0 saturated carbocycles. The Kier molecular flexibility index (Phi) is 8.64. The van der Waals surface area contributed by atoms with Gasteiger partial charge >= 0.3 is 0 Å². The Hall–Kier alpha value is -2.62. The number of likely N-dealkylation sites (tertiary alicyclic amines) is 1. The predicted octanol–water partition coefficient (Wildman–Crippen LogP) is 3.61. The molecule has 190 valence electrons. The lowest BCUT2D eigenvalue weighted by atomic mass is 9.94. The predicted molar refractivity (Wildman–Crippen MR) is 136 cm³/mol. The van der Waals surface area contributed by atoms with Crippen LogP contribution in [0.5, 0.6) is 11.5 Å². The van der Waals surface area contributed by atoms with E-state index in [4.69, 9.17) is 9.47 Å². The van der Waals surface area contributed by atoms with Crippen molar-refractivity contribution in [3.05, 3.63) is 54.1 Å². The van der Waals surface area contributed by atoms with E-state index in [2.05, 4.69) is 27.1 Å². The third-order valence-electron chi connectivity index (χ3n) is 6.59. The molecular weight excluding hydrogens is 466 g/mol.